The zero-order chi connectivity index (χ0) is 13.8. The third kappa shape index (κ3) is 2.65. The molecule has 0 fully saturated rings. The van der Waals surface area contributed by atoms with Crippen LogP contribution in [0.2, 0.25) is 0 Å². The highest BCUT2D eigenvalue weighted by molar-refractivity contribution is 6.05. The summed E-state index contributed by atoms with van der Waals surface area (Å²) in [6, 6.07) is 8.62. The molecule has 0 radical (unpaired) electrons. The van der Waals surface area contributed by atoms with Crippen LogP contribution in [-0.4, -0.2) is 24.4 Å². The fraction of sp³-hybridized carbons (Fsp3) is 0.143. The number of carbonyl (C=O) groups excluding carboxylic acids is 1. The van der Waals surface area contributed by atoms with Crippen molar-refractivity contribution < 1.29 is 19.5 Å². The number of ether oxygens (including phenoxy) is 1. The van der Waals surface area contributed by atoms with E-state index in [1.54, 1.807) is 31.4 Å². The van der Waals surface area contributed by atoms with E-state index in [0.29, 0.717) is 16.7 Å². The van der Waals surface area contributed by atoms with Crippen LogP contribution < -0.4 is 4.74 Å². The van der Waals surface area contributed by atoms with E-state index in [1.807, 2.05) is 6.07 Å². The Morgan fingerprint density at radius 2 is 2.11 bits per heavy atom. The van der Waals surface area contributed by atoms with E-state index in [1.165, 1.54) is 13.1 Å². The van der Waals surface area contributed by atoms with E-state index in [2.05, 4.69) is 9.99 Å². The number of rotatable bonds is 3. The molecule has 98 valence electrons. The van der Waals surface area contributed by atoms with E-state index in [0.717, 1.165) is 5.39 Å². The molecule has 0 aliphatic rings. The number of aromatic hydroxyl groups is 1. The molecule has 0 saturated heterocycles. The van der Waals surface area contributed by atoms with Gasteiger partial charge in [-0.05, 0) is 18.2 Å². The Labute approximate surface area is 110 Å². The lowest BCUT2D eigenvalue weighted by Crippen LogP contribution is -1.93. The van der Waals surface area contributed by atoms with Gasteiger partial charge in [-0.25, -0.2) is 4.79 Å². The fourth-order valence-electron chi connectivity index (χ4n) is 1.83. The van der Waals surface area contributed by atoms with Crippen molar-refractivity contribution in [1.82, 2.24) is 0 Å². The Hall–Kier alpha value is -2.56. The average Bonchev–Trinajstić information content (AvgIpc) is 2.38. The second kappa shape index (κ2) is 5.39. The Kier molecular flexibility index (Phi) is 3.66. The molecule has 0 heterocycles. The van der Waals surface area contributed by atoms with Crippen LogP contribution in [0.15, 0.2) is 35.5 Å². The maximum Gasteiger partial charge on any atom is 0.331 e. The van der Waals surface area contributed by atoms with Gasteiger partial charge >= 0.3 is 5.97 Å². The number of carbonyl (C=O) groups is 1. The Morgan fingerprint density at radius 1 is 1.32 bits per heavy atom. The summed E-state index contributed by atoms with van der Waals surface area (Å²) < 4.78 is 5.24. The van der Waals surface area contributed by atoms with Crippen LogP contribution in [0.3, 0.4) is 0 Å². The van der Waals surface area contributed by atoms with Crippen molar-refractivity contribution in [3.63, 3.8) is 0 Å². The molecule has 0 bridgehead atoms. The standard InChI is InChI=1S/C14H13NO4/c1-9(16)19-15-8-10-6-7-13(18-2)11-4-3-5-12(17)14(10)11/h3-8,17H,1-2H3/b15-8+. The molecule has 0 aliphatic heterocycles. The van der Waals surface area contributed by atoms with Crippen molar-refractivity contribution in [3.05, 3.63) is 35.9 Å². The summed E-state index contributed by atoms with van der Waals surface area (Å²) >= 11 is 0. The Morgan fingerprint density at radius 3 is 2.79 bits per heavy atom. The number of fused-ring (bicyclic) bond motifs is 1. The first kappa shape index (κ1) is 12.9. The molecule has 0 aromatic heterocycles. The van der Waals surface area contributed by atoms with E-state index in [9.17, 15) is 9.90 Å². The van der Waals surface area contributed by atoms with Gasteiger partial charge in [0.05, 0.1) is 13.3 Å². The monoisotopic (exact) mass is 259 g/mol. The number of nitrogens with zero attached hydrogens (tertiary/aromatic N) is 1. The lowest BCUT2D eigenvalue weighted by molar-refractivity contribution is -0.140. The molecule has 2 rings (SSSR count). The van der Waals surface area contributed by atoms with Gasteiger partial charge in [-0.1, -0.05) is 17.3 Å². The smallest absolute Gasteiger partial charge is 0.331 e. The van der Waals surface area contributed by atoms with Gasteiger partial charge in [-0.15, -0.1) is 0 Å². The average molecular weight is 259 g/mol. The van der Waals surface area contributed by atoms with Gasteiger partial charge in [0.15, 0.2) is 0 Å². The first-order chi connectivity index (χ1) is 9.13. The van der Waals surface area contributed by atoms with Crippen molar-refractivity contribution in [2.45, 2.75) is 6.92 Å². The number of phenols is 1. The van der Waals surface area contributed by atoms with Gasteiger partial charge in [0.2, 0.25) is 0 Å². The molecule has 5 heteroatoms. The lowest BCUT2D eigenvalue weighted by atomic mass is 10.0. The number of phenolic OH excluding ortho intramolecular Hbond substituents is 1. The summed E-state index contributed by atoms with van der Waals surface area (Å²) in [6.45, 7) is 1.26. The second-order valence-corrected chi connectivity index (χ2v) is 3.87. The zero-order valence-corrected chi connectivity index (χ0v) is 10.6. The van der Waals surface area contributed by atoms with Gasteiger partial charge in [-0.3, -0.25) is 0 Å². The van der Waals surface area contributed by atoms with Crippen LogP contribution in [0.4, 0.5) is 0 Å². The van der Waals surface area contributed by atoms with Crippen molar-refractivity contribution >= 4 is 23.0 Å². The molecule has 19 heavy (non-hydrogen) atoms. The molecule has 0 spiro atoms. The molecule has 2 aromatic carbocycles. The minimum Gasteiger partial charge on any atom is -0.507 e. The van der Waals surface area contributed by atoms with Crippen molar-refractivity contribution in [1.29, 1.82) is 0 Å². The molecule has 0 aliphatic carbocycles. The quantitative estimate of drug-likeness (QED) is 0.522. The SMILES string of the molecule is COc1ccc(/C=N/OC(C)=O)c2c(O)cccc12. The van der Waals surface area contributed by atoms with Crippen LogP contribution in [-0.2, 0) is 9.63 Å². The van der Waals surface area contributed by atoms with E-state index in [-0.39, 0.29) is 5.75 Å². The van der Waals surface area contributed by atoms with Crippen LogP contribution in [0, 0.1) is 0 Å². The van der Waals surface area contributed by atoms with Crippen molar-refractivity contribution in [2.24, 2.45) is 5.16 Å². The largest absolute Gasteiger partial charge is 0.507 e. The number of methoxy groups -OCH3 is 1. The molecule has 1 N–H and O–H groups in total. The van der Waals surface area contributed by atoms with Gasteiger partial charge in [-0.2, -0.15) is 0 Å². The van der Waals surface area contributed by atoms with E-state index < -0.39 is 5.97 Å². The van der Waals surface area contributed by atoms with Gasteiger partial charge in [0.25, 0.3) is 0 Å². The van der Waals surface area contributed by atoms with E-state index in [4.69, 9.17) is 4.74 Å². The highest BCUT2D eigenvalue weighted by Gasteiger charge is 2.09. The summed E-state index contributed by atoms with van der Waals surface area (Å²) in [5, 5.41) is 14.9. The van der Waals surface area contributed by atoms with Crippen molar-refractivity contribution in [3.8, 4) is 11.5 Å². The molecule has 0 atom stereocenters. The molecule has 0 saturated carbocycles. The summed E-state index contributed by atoms with van der Waals surface area (Å²) in [5.41, 5.74) is 0.634. The predicted molar refractivity (Wildman–Crippen MR) is 71.5 cm³/mol. The zero-order valence-electron chi connectivity index (χ0n) is 10.6. The summed E-state index contributed by atoms with van der Waals surface area (Å²) in [4.78, 5) is 15.2. The number of hydrogen-bond donors (Lipinski definition) is 1. The van der Waals surface area contributed by atoms with Crippen LogP contribution in [0.1, 0.15) is 12.5 Å². The number of oxime groups is 1. The lowest BCUT2D eigenvalue weighted by Gasteiger charge is -2.09. The minimum atomic E-state index is -0.502. The predicted octanol–water partition coefficient (Wildman–Crippen LogP) is 2.45. The molecule has 5 nitrogen and oxygen atoms in total. The molecule has 0 unspecified atom stereocenters. The molecule has 2 aromatic rings. The summed E-state index contributed by atoms with van der Waals surface area (Å²) in [6.07, 6.45) is 1.38. The summed E-state index contributed by atoms with van der Waals surface area (Å²) in [7, 11) is 1.56. The molecular formula is C14H13NO4. The van der Waals surface area contributed by atoms with Gasteiger partial charge in [0, 0.05) is 23.3 Å². The highest BCUT2D eigenvalue weighted by atomic mass is 16.7. The van der Waals surface area contributed by atoms with Crippen LogP contribution in [0.5, 0.6) is 11.5 Å². The second-order valence-electron chi connectivity index (χ2n) is 3.87. The van der Waals surface area contributed by atoms with Gasteiger partial charge in [0.1, 0.15) is 11.5 Å². The number of benzene rings is 2. The third-order valence-corrected chi connectivity index (χ3v) is 2.60. The highest BCUT2D eigenvalue weighted by Crippen LogP contribution is 2.33. The van der Waals surface area contributed by atoms with Crippen LogP contribution in [0.25, 0.3) is 10.8 Å². The number of hydrogen-bond acceptors (Lipinski definition) is 5. The molecular weight excluding hydrogens is 246 g/mol. The Balaban J connectivity index is 2.56. The summed E-state index contributed by atoms with van der Waals surface area (Å²) in [5.74, 6) is 0.259. The first-order valence-corrected chi connectivity index (χ1v) is 5.63. The first-order valence-electron chi connectivity index (χ1n) is 5.63. The van der Waals surface area contributed by atoms with Gasteiger partial charge < -0.3 is 14.7 Å². The molecule has 0 amide bonds. The maximum absolute atomic E-state index is 10.7. The van der Waals surface area contributed by atoms with Crippen molar-refractivity contribution in [2.75, 3.05) is 7.11 Å². The minimum absolute atomic E-state index is 0.112. The third-order valence-electron chi connectivity index (χ3n) is 2.60. The van der Waals surface area contributed by atoms with E-state index >= 15 is 0 Å². The topological polar surface area (TPSA) is 68.1 Å². The fourth-order valence-corrected chi connectivity index (χ4v) is 1.83. The maximum atomic E-state index is 10.7. The normalized spacial score (nSPS) is 10.8. The van der Waals surface area contributed by atoms with Crippen LogP contribution >= 0.6 is 0 Å². The Bertz CT molecular complexity index is 649.